The highest BCUT2D eigenvalue weighted by Gasteiger charge is 2.39. The highest BCUT2D eigenvalue weighted by molar-refractivity contribution is 7.16. The van der Waals surface area contributed by atoms with Crippen molar-refractivity contribution in [2.45, 2.75) is 12.5 Å². The van der Waals surface area contributed by atoms with E-state index in [9.17, 15) is 4.79 Å². The van der Waals surface area contributed by atoms with Gasteiger partial charge in [-0.2, -0.15) is 0 Å². The molecular formula is C25H24ClN3O3S. The second-order valence-electron chi connectivity index (χ2n) is 7.26. The molecule has 1 unspecified atom stereocenters. The molecule has 2 aromatic carbocycles. The van der Waals surface area contributed by atoms with E-state index in [0.29, 0.717) is 10.6 Å². The van der Waals surface area contributed by atoms with E-state index in [-0.39, 0.29) is 18.2 Å². The number of nitrogens with zero attached hydrogens (tertiary/aromatic N) is 2. The molecule has 2 N–H and O–H groups in total. The van der Waals surface area contributed by atoms with E-state index in [2.05, 4.69) is 4.98 Å². The molecule has 170 valence electrons. The van der Waals surface area contributed by atoms with E-state index in [1.165, 1.54) is 18.3 Å². The Morgan fingerprint density at radius 1 is 0.939 bits per heavy atom. The monoisotopic (exact) mass is 481 g/mol. The number of pyridine rings is 1. The molecule has 0 aliphatic carbocycles. The minimum absolute atomic E-state index is 0. The molecule has 0 aliphatic rings. The van der Waals surface area contributed by atoms with Gasteiger partial charge >= 0.3 is 0 Å². The lowest BCUT2D eigenvalue weighted by molar-refractivity contribution is -0.121. The number of methoxy groups -OCH3 is 2. The zero-order valence-electron chi connectivity index (χ0n) is 18.4. The summed E-state index contributed by atoms with van der Waals surface area (Å²) in [6.45, 7) is 1.48. The van der Waals surface area contributed by atoms with E-state index in [1.807, 2.05) is 48.5 Å². The van der Waals surface area contributed by atoms with Gasteiger partial charge in [0.15, 0.2) is 11.3 Å². The van der Waals surface area contributed by atoms with Gasteiger partial charge in [0, 0.05) is 23.5 Å². The molecule has 2 heterocycles. The third-order valence-electron chi connectivity index (χ3n) is 5.35. The molecule has 4 rings (SSSR count). The van der Waals surface area contributed by atoms with Crippen molar-refractivity contribution >= 4 is 29.5 Å². The fourth-order valence-corrected chi connectivity index (χ4v) is 4.71. The fraction of sp³-hybridized carbons (Fsp3) is 0.160. The summed E-state index contributed by atoms with van der Waals surface area (Å²) in [7, 11) is 3.26. The van der Waals surface area contributed by atoms with E-state index < -0.39 is 5.54 Å². The zero-order valence-corrected chi connectivity index (χ0v) is 20.1. The summed E-state index contributed by atoms with van der Waals surface area (Å²) in [5.74, 6) is 1.31. The van der Waals surface area contributed by atoms with Gasteiger partial charge in [-0.3, -0.25) is 9.78 Å². The largest absolute Gasteiger partial charge is 0.497 e. The Kier molecular flexibility index (Phi) is 7.48. The quantitative estimate of drug-likeness (QED) is 0.395. The molecule has 0 amide bonds. The van der Waals surface area contributed by atoms with Gasteiger partial charge in [-0.1, -0.05) is 6.07 Å². The molecule has 33 heavy (non-hydrogen) atoms. The molecule has 0 bridgehead atoms. The van der Waals surface area contributed by atoms with Crippen molar-refractivity contribution in [2.75, 3.05) is 14.2 Å². The van der Waals surface area contributed by atoms with E-state index in [1.54, 1.807) is 38.7 Å². The topological polar surface area (TPSA) is 87.3 Å². The van der Waals surface area contributed by atoms with Crippen molar-refractivity contribution in [3.05, 3.63) is 83.6 Å². The summed E-state index contributed by atoms with van der Waals surface area (Å²) in [6.07, 6.45) is 3.26. The summed E-state index contributed by atoms with van der Waals surface area (Å²) < 4.78 is 10.6. The van der Waals surface area contributed by atoms with Crippen LogP contribution in [0.25, 0.3) is 21.7 Å². The number of rotatable bonds is 7. The molecule has 6 nitrogen and oxygen atoms in total. The van der Waals surface area contributed by atoms with Gasteiger partial charge < -0.3 is 15.2 Å². The average molecular weight is 482 g/mol. The first-order valence-corrected chi connectivity index (χ1v) is 10.8. The lowest BCUT2D eigenvalue weighted by Gasteiger charge is -2.24. The van der Waals surface area contributed by atoms with Gasteiger partial charge in [0.2, 0.25) is 0 Å². The standard InChI is InChI=1S/C25H23N3O3S.ClH/c1-16(29)25(26,19-5-4-14-27-15-19)24-28-22(17-6-10-20(30-2)11-7-17)23(32-24)18-8-12-21(31-3)13-9-18;/h4-15H,26H2,1-3H3;1H. The maximum atomic E-state index is 12.8. The number of ether oxygens (including phenoxy) is 2. The number of halogens is 1. The highest BCUT2D eigenvalue weighted by Crippen LogP contribution is 2.42. The number of hydrogen-bond donors (Lipinski definition) is 1. The minimum Gasteiger partial charge on any atom is -0.497 e. The van der Waals surface area contributed by atoms with E-state index in [0.717, 1.165) is 33.2 Å². The predicted octanol–water partition coefficient (Wildman–Crippen LogP) is 5.10. The summed E-state index contributed by atoms with van der Waals surface area (Å²) in [6, 6.07) is 19.0. The number of carbonyl (C=O) groups is 1. The summed E-state index contributed by atoms with van der Waals surface area (Å²) in [4.78, 5) is 22.8. The highest BCUT2D eigenvalue weighted by atomic mass is 35.5. The Morgan fingerprint density at radius 2 is 1.52 bits per heavy atom. The summed E-state index contributed by atoms with van der Waals surface area (Å²) in [5, 5.41) is 0.509. The molecule has 4 aromatic rings. The molecule has 2 aromatic heterocycles. The van der Waals surface area contributed by atoms with Crippen molar-refractivity contribution in [2.24, 2.45) is 5.73 Å². The Labute approximate surface area is 202 Å². The number of Topliss-reactive ketones (excluding diaryl/α,β-unsaturated/α-hetero) is 1. The van der Waals surface area contributed by atoms with Gasteiger partial charge in [-0.05, 0) is 67.1 Å². The first-order chi connectivity index (χ1) is 15.5. The third-order valence-corrected chi connectivity index (χ3v) is 6.59. The molecular weight excluding hydrogens is 458 g/mol. The van der Waals surface area contributed by atoms with Crippen molar-refractivity contribution in [1.29, 1.82) is 0 Å². The van der Waals surface area contributed by atoms with Crippen LogP contribution >= 0.6 is 23.7 Å². The number of hydrogen-bond acceptors (Lipinski definition) is 7. The van der Waals surface area contributed by atoms with Crippen LogP contribution in [0, 0.1) is 0 Å². The van der Waals surface area contributed by atoms with Crippen molar-refractivity contribution in [3.63, 3.8) is 0 Å². The molecule has 0 radical (unpaired) electrons. The average Bonchev–Trinajstić information content (AvgIpc) is 3.30. The summed E-state index contributed by atoms with van der Waals surface area (Å²) in [5.41, 5.74) is 8.54. The maximum absolute atomic E-state index is 12.8. The van der Waals surface area contributed by atoms with Crippen LogP contribution in [0.4, 0.5) is 0 Å². The Morgan fingerprint density at radius 3 is 2.00 bits per heavy atom. The van der Waals surface area contributed by atoms with Crippen LogP contribution < -0.4 is 15.2 Å². The third kappa shape index (κ3) is 4.61. The number of aromatic nitrogens is 2. The molecule has 0 aliphatic heterocycles. The maximum Gasteiger partial charge on any atom is 0.161 e. The molecule has 0 saturated heterocycles. The van der Waals surface area contributed by atoms with Crippen LogP contribution in [0.5, 0.6) is 11.5 Å². The number of benzene rings is 2. The van der Waals surface area contributed by atoms with Crippen molar-refractivity contribution < 1.29 is 14.3 Å². The van der Waals surface area contributed by atoms with E-state index in [4.69, 9.17) is 20.2 Å². The predicted molar refractivity (Wildman–Crippen MR) is 133 cm³/mol. The smallest absolute Gasteiger partial charge is 0.161 e. The van der Waals surface area contributed by atoms with Crippen LogP contribution in [-0.2, 0) is 10.3 Å². The second-order valence-corrected chi connectivity index (χ2v) is 8.26. The molecule has 1 atom stereocenters. The van der Waals surface area contributed by atoms with Crippen LogP contribution in [0.1, 0.15) is 17.5 Å². The van der Waals surface area contributed by atoms with Crippen molar-refractivity contribution in [1.82, 2.24) is 9.97 Å². The van der Waals surface area contributed by atoms with Gasteiger partial charge in [-0.15, -0.1) is 23.7 Å². The first-order valence-electron chi connectivity index (χ1n) is 9.98. The lowest BCUT2D eigenvalue weighted by atomic mass is 9.89. The zero-order chi connectivity index (χ0) is 22.7. The number of nitrogens with two attached hydrogens (primary N) is 1. The SMILES string of the molecule is COc1ccc(-c2nc(C(N)(C(C)=O)c3cccnc3)sc2-c2ccc(OC)cc2)cc1.Cl. The number of ketones is 1. The summed E-state index contributed by atoms with van der Waals surface area (Å²) >= 11 is 1.40. The molecule has 8 heteroatoms. The van der Waals surface area contributed by atoms with Crippen molar-refractivity contribution in [3.8, 4) is 33.2 Å². The number of carbonyl (C=O) groups excluding carboxylic acids is 1. The van der Waals surface area contributed by atoms with E-state index >= 15 is 0 Å². The minimum atomic E-state index is -1.40. The Balaban J connectivity index is 0.00000306. The molecule has 0 spiro atoms. The van der Waals surface area contributed by atoms with Gasteiger partial charge in [0.25, 0.3) is 0 Å². The molecule has 0 fully saturated rings. The van der Waals surface area contributed by atoms with Crippen LogP contribution in [0.3, 0.4) is 0 Å². The lowest BCUT2D eigenvalue weighted by Crippen LogP contribution is -2.44. The second kappa shape index (κ2) is 10.1. The first kappa shape index (κ1) is 24.4. The normalized spacial score (nSPS) is 12.4. The Bertz CT molecular complexity index is 1160. The molecule has 0 saturated carbocycles. The van der Waals surface area contributed by atoms with Gasteiger partial charge in [-0.25, -0.2) is 4.98 Å². The van der Waals surface area contributed by atoms with Crippen LogP contribution in [0.15, 0.2) is 73.1 Å². The van der Waals surface area contributed by atoms with Crippen LogP contribution in [0.2, 0.25) is 0 Å². The fourth-order valence-electron chi connectivity index (χ4n) is 3.44. The number of thiazole rings is 1. The van der Waals surface area contributed by atoms with Gasteiger partial charge in [0.1, 0.15) is 16.5 Å². The Hall–Kier alpha value is -3.26. The van der Waals surface area contributed by atoms with Gasteiger partial charge in [0.05, 0.1) is 24.8 Å². The van der Waals surface area contributed by atoms with Crippen LogP contribution in [-0.4, -0.2) is 30.0 Å².